The molecule has 0 fully saturated rings. The molecule has 0 aliphatic carbocycles. The maximum Gasteiger partial charge on any atom is 0.106 e. The molecule has 0 aliphatic rings. The molecule has 23 heavy (non-hydrogen) atoms. The van der Waals surface area contributed by atoms with Gasteiger partial charge in [-0.25, -0.2) is 0 Å². The SMILES string of the molecule is C=O.CCCCCCCCCCC(C)CCCCCCCC.N. The molecule has 1 unspecified atom stereocenters. The smallest absolute Gasteiger partial charge is 0.106 e. The molecule has 0 aliphatic heterocycles. The van der Waals surface area contributed by atoms with Crippen LogP contribution in [0.1, 0.15) is 124 Å². The highest BCUT2D eigenvalue weighted by Gasteiger charge is 2.02. The van der Waals surface area contributed by atoms with Crippen molar-refractivity contribution in [2.24, 2.45) is 5.92 Å². The van der Waals surface area contributed by atoms with Gasteiger partial charge in [0.25, 0.3) is 0 Å². The van der Waals surface area contributed by atoms with Gasteiger partial charge in [0.2, 0.25) is 0 Å². The van der Waals surface area contributed by atoms with Crippen LogP contribution < -0.4 is 6.15 Å². The molecule has 0 saturated carbocycles. The van der Waals surface area contributed by atoms with Crippen molar-refractivity contribution in [1.82, 2.24) is 6.15 Å². The Morgan fingerprint density at radius 2 is 0.826 bits per heavy atom. The van der Waals surface area contributed by atoms with E-state index in [9.17, 15) is 0 Å². The van der Waals surface area contributed by atoms with Crippen LogP contribution in [0.15, 0.2) is 0 Å². The van der Waals surface area contributed by atoms with Crippen molar-refractivity contribution in [3.63, 3.8) is 0 Å². The summed E-state index contributed by atoms with van der Waals surface area (Å²) >= 11 is 0. The largest absolute Gasteiger partial charge is 0.344 e. The fourth-order valence-electron chi connectivity index (χ4n) is 3.04. The maximum atomic E-state index is 8.00. The molecule has 0 bridgehead atoms. The van der Waals surface area contributed by atoms with E-state index in [4.69, 9.17) is 4.79 Å². The zero-order valence-corrected chi connectivity index (χ0v) is 16.7. The Morgan fingerprint density at radius 3 is 1.13 bits per heavy atom. The highest BCUT2D eigenvalue weighted by atomic mass is 16.1. The van der Waals surface area contributed by atoms with Crippen LogP contribution in [0.25, 0.3) is 0 Å². The molecule has 0 saturated heterocycles. The highest BCUT2D eigenvalue weighted by Crippen LogP contribution is 2.18. The molecule has 0 aromatic rings. The van der Waals surface area contributed by atoms with E-state index in [2.05, 4.69) is 20.8 Å². The fraction of sp³-hybridized carbons (Fsp3) is 0.952. The molecule has 0 radical (unpaired) electrons. The van der Waals surface area contributed by atoms with Crippen LogP contribution >= 0.6 is 0 Å². The van der Waals surface area contributed by atoms with Gasteiger partial charge in [-0.15, -0.1) is 0 Å². The molecule has 0 spiro atoms. The van der Waals surface area contributed by atoms with Gasteiger partial charge in [-0.1, -0.05) is 124 Å². The van der Waals surface area contributed by atoms with Gasteiger partial charge in [0.15, 0.2) is 0 Å². The Hall–Kier alpha value is -0.370. The van der Waals surface area contributed by atoms with Crippen LogP contribution in [0.4, 0.5) is 0 Å². The van der Waals surface area contributed by atoms with E-state index in [-0.39, 0.29) is 6.15 Å². The van der Waals surface area contributed by atoms with E-state index < -0.39 is 0 Å². The van der Waals surface area contributed by atoms with E-state index in [1.54, 1.807) is 0 Å². The normalized spacial score (nSPS) is 11.3. The number of hydrogen-bond donors (Lipinski definition) is 1. The maximum absolute atomic E-state index is 8.00. The van der Waals surface area contributed by atoms with Gasteiger partial charge < -0.3 is 10.9 Å². The minimum absolute atomic E-state index is 0. The Labute approximate surface area is 147 Å². The van der Waals surface area contributed by atoms with Gasteiger partial charge in [-0.3, -0.25) is 0 Å². The van der Waals surface area contributed by atoms with Gasteiger partial charge in [0, 0.05) is 0 Å². The third kappa shape index (κ3) is 26.8. The van der Waals surface area contributed by atoms with Crippen molar-refractivity contribution < 1.29 is 4.79 Å². The van der Waals surface area contributed by atoms with Crippen molar-refractivity contribution in [2.75, 3.05) is 0 Å². The standard InChI is InChI=1S/C20H42.CH2O.H3N/c1-4-6-8-10-12-13-15-17-19-20(3)18-16-14-11-9-7-5-2;1-2;/h20H,4-19H2,1-3H3;1H2;1H3. The number of unbranched alkanes of at least 4 members (excludes halogenated alkanes) is 12. The Morgan fingerprint density at radius 1 is 0.565 bits per heavy atom. The lowest BCUT2D eigenvalue weighted by molar-refractivity contribution is -0.0979. The first-order valence-corrected chi connectivity index (χ1v) is 10.1. The highest BCUT2D eigenvalue weighted by molar-refractivity contribution is 5.10. The second kappa shape index (κ2) is 26.5. The van der Waals surface area contributed by atoms with Crippen molar-refractivity contribution in [3.05, 3.63) is 0 Å². The lowest BCUT2D eigenvalue weighted by Gasteiger charge is -2.11. The van der Waals surface area contributed by atoms with Crippen molar-refractivity contribution in [2.45, 2.75) is 124 Å². The van der Waals surface area contributed by atoms with Gasteiger partial charge in [0.1, 0.15) is 6.79 Å². The van der Waals surface area contributed by atoms with E-state index in [0.717, 1.165) is 5.92 Å². The van der Waals surface area contributed by atoms with Crippen molar-refractivity contribution in [3.8, 4) is 0 Å². The van der Waals surface area contributed by atoms with E-state index in [1.807, 2.05) is 6.79 Å². The predicted octanol–water partition coefficient (Wildman–Crippen LogP) is 7.88. The van der Waals surface area contributed by atoms with Crippen LogP contribution in [-0.4, -0.2) is 6.79 Å². The van der Waals surface area contributed by atoms with Crippen molar-refractivity contribution in [1.29, 1.82) is 0 Å². The number of carbonyl (C=O) groups is 1. The molecule has 3 N–H and O–H groups in total. The van der Waals surface area contributed by atoms with E-state index in [1.165, 1.54) is 103 Å². The average Bonchev–Trinajstić information content (AvgIpc) is 2.55. The van der Waals surface area contributed by atoms with E-state index >= 15 is 0 Å². The molecule has 2 nitrogen and oxygen atoms in total. The predicted molar refractivity (Wildman–Crippen MR) is 107 cm³/mol. The zero-order chi connectivity index (χ0) is 16.9. The molecule has 0 amide bonds. The van der Waals surface area contributed by atoms with Crippen LogP contribution in [-0.2, 0) is 4.79 Å². The third-order valence-corrected chi connectivity index (χ3v) is 4.60. The molecule has 1 atom stereocenters. The molecular formula is C21H47NO. The van der Waals surface area contributed by atoms with Gasteiger partial charge in [-0.2, -0.15) is 0 Å². The van der Waals surface area contributed by atoms with Crippen molar-refractivity contribution >= 4 is 6.79 Å². The molecule has 142 valence electrons. The fourth-order valence-corrected chi connectivity index (χ4v) is 3.04. The minimum Gasteiger partial charge on any atom is -0.344 e. The molecule has 0 rings (SSSR count). The van der Waals surface area contributed by atoms with Crippen LogP contribution in [0, 0.1) is 5.92 Å². The number of hydrogen-bond acceptors (Lipinski definition) is 2. The lowest BCUT2D eigenvalue weighted by atomic mass is 9.96. The summed E-state index contributed by atoms with van der Waals surface area (Å²) in [6.45, 7) is 9.06. The summed E-state index contributed by atoms with van der Waals surface area (Å²) in [6, 6.07) is 0. The summed E-state index contributed by atoms with van der Waals surface area (Å²) in [5.74, 6) is 0.973. The molecular weight excluding hydrogens is 282 g/mol. The Kier molecular flexibility index (Phi) is 31.7. The summed E-state index contributed by atoms with van der Waals surface area (Å²) in [4.78, 5) is 8.00. The van der Waals surface area contributed by atoms with Crippen LogP contribution in [0.5, 0.6) is 0 Å². The first kappa shape index (κ1) is 27.5. The van der Waals surface area contributed by atoms with Crippen LogP contribution in [0.2, 0.25) is 0 Å². The van der Waals surface area contributed by atoms with Crippen LogP contribution in [0.3, 0.4) is 0 Å². The summed E-state index contributed by atoms with van der Waals surface area (Å²) in [7, 11) is 0. The Bertz CT molecular complexity index is 185. The summed E-state index contributed by atoms with van der Waals surface area (Å²) < 4.78 is 0. The monoisotopic (exact) mass is 329 g/mol. The van der Waals surface area contributed by atoms with Gasteiger partial charge >= 0.3 is 0 Å². The summed E-state index contributed by atoms with van der Waals surface area (Å²) in [5.41, 5.74) is 0. The third-order valence-electron chi connectivity index (χ3n) is 4.60. The first-order chi connectivity index (χ1) is 10.8. The molecule has 2 heteroatoms. The minimum atomic E-state index is 0. The average molecular weight is 330 g/mol. The quantitative estimate of drug-likeness (QED) is 0.293. The summed E-state index contributed by atoms with van der Waals surface area (Å²) in [5, 5.41) is 0. The molecule has 0 aromatic carbocycles. The van der Waals surface area contributed by atoms with Gasteiger partial charge in [0.05, 0.1) is 0 Å². The number of rotatable bonds is 16. The van der Waals surface area contributed by atoms with E-state index in [0.29, 0.717) is 0 Å². The Balaban J connectivity index is -0.00000128. The second-order valence-corrected chi connectivity index (χ2v) is 6.93. The number of carbonyl (C=O) groups excluding carboxylic acids is 1. The lowest BCUT2D eigenvalue weighted by Crippen LogP contribution is -1.95. The zero-order valence-electron chi connectivity index (χ0n) is 16.7. The van der Waals surface area contributed by atoms with Gasteiger partial charge in [-0.05, 0) is 5.92 Å². The topological polar surface area (TPSA) is 52.1 Å². The molecule has 0 heterocycles. The first-order valence-electron chi connectivity index (χ1n) is 10.1. The summed E-state index contributed by atoms with van der Waals surface area (Å²) in [6.07, 6.45) is 23.3. The molecule has 0 aromatic heterocycles. The second-order valence-electron chi connectivity index (χ2n) is 6.93.